The molecule has 116 valence electrons. The number of ether oxygens (including phenoxy) is 1. The zero-order valence-electron chi connectivity index (χ0n) is 12.6. The van der Waals surface area contributed by atoms with Crippen LogP contribution in [0.15, 0.2) is 24.3 Å². The molecule has 2 N–H and O–H groups in total. The van der Waals surface area contributed by atoms with Crippen LogP contribution in [-0.2, 0) is 9.59 Å². The van der Waals surface area contributed by atoms with Crippen molar-refractivity contribution < 1.29 is 23.8 Å². The number of rotatable bonds is 6. The first-order valence-electron chi connectivity index (χ1n) is 6.61. The summed E-state index contributed by atoms with van der Waals surface area (Å²) in [6.07, 6.45) is 0.237. The summed E-state index contributed by atoms with van der Waals surface area (Å²) < 4.78 is 18.4. The highest BCUT2D eigenvalue weighted by molar-refractivity contribution is 5.91. The molecule has 6 heteroatoms. The smallest absolute Gasteiger partial charge is 0.329 e. The number of carboxylic acid groups (broad SMARTS) is 1. The van der Waals surface area contributed by atoms with Crippen molar-refractivity contribution in [1.82, 2.24) is 5.32 Å². The predicted molar refractivity (Wildman–Crippen MR) is 75.6 cm³/mol. The van der Waals surface area contributed by atoms with Crippen LogP contribution in [0.3, 0.4) is 0 Å². The average Bonchev–Trinajstić information content (AvgIpc) is 2.40. The van der Waals surface area contributed by atoms with Crippen LogP contribution in [0.2, 0.25) is 0 Å². The van der Waals surface area contributed by atoms with E-state index in [-0.39, 0.29) is 6.42 Å². The molecular formula is C15H20FNO4. The molecular weight excluding hydrogens is 277 g/mol. The van der Waals surface area contributed by atoms with Crippen molar-refractivity contribution in [1.29, 1.82) is 0 Å². The van der Waals surface area contributed by atoms with Gasteiger partial charge in [0.2, 0.25) is 0 Å². The van der Waals surface area contributed by atoms with Crippen molar-refractivity contribution in [3.8, 4) is 5.75 Å². The average molecular weight is 297 g/mol. The number of hydrogen-bond acceptors (Lipinski definition) is 3. The molecule has 1 rings (SSSR count). The highest BCUT2D eigenvalue weighted by Gasteiger charge is 2.39. The molecule has 1 aromatic carbocycles. The van der Waals surface area contributed by atoms with Gasteiger partial charge in [-0.1, -0.05) is 6.92 Å². The van der Waals surface area contributed by atoms with Gasteiger partial charge >= 0.3 is 5.97 Å². The number of carbonyl (C=O) groups excluding carboxylic acids is 1. The molecule has 0 heterocycles. The summed E-state index contributed by atoms with van der Waals surface area (Å²) in [5.41, 5.74) is -2.65. The summed E-state index contributed by atoms with van der Waals surface area (Å²) in [7, 11) is 0. The summed E-state index contributed by atoms with van der Waals surface area (Å²) in [5.74, 6) is -1.76. The van der Waals surface area contributed by atoms with Gasteiger partial charge in [-0.3, -0.25) is 4.79 Å². The molecule has 0 spiro atoms. The molecule has 0 aliphatic heterocycles. The van der Waals surface area contributed by atoms with E-state index in [1.165, 1.54) is 45.0 Å². The lowest BCUT2D eigenvalue weighted by molar-refractivity contribution is -0.150. The van der Waals surface area contributed by atoms with E-state index in [1.807, 2.05) is 0 Å². The normalized spacial score (nSPS) is 14.1. The molecule has 0 saturated carbocycles. The zero-order valence-corrected chi connectivity index (χ0v) is 12.6. The molecule has 0 bridgehead atoms. The number of halogens is 1. The van der Waals surface area contributed by atoms with Crippen LogP contribution in [0.5, 0.6) is 5.75 Å². The Labute approximate surface area is 123 Å². The first-order valence-corrected chi connectivity index (χ1v) is 6.61. The third kappa shape index (κ3) is 4.18. The second-order valence-corrected chi connectivity index (χ2v) is 5.51. The van der Waals surface area contributed by atoms with Gasteiger partial charge in [0.05, 0.1) is 0 Å². The van der Waals surface area contributed by atoms with Gasteiger partial charge in [0.1, 0.15) is 17.1 Å². The molecule has 21 heavy (non-hydrogen) atoms. The van der Waals surface area contributed by atoms with Crippen LogP contribution in [0.1, 0.15) is 34.1 Å². The molecule has 0 aliphatic carbocycles. The van der Waals surface area contributed by atoms with Gasteiger partial charge in [0.15, 0.2) is 5.60 Å². The highest BCUT2D eigenvalue weighted by atomic mass is 19.1. The van der Waals surface area contributed by atoms with Crippen molar-refractivity contribution in [3.05, 3.63) is 30.1 Å². The number of benzene rings is 1. The Morgan fingerprint density at radius 3 is 2.19 bits per heavy atom. The van der Waals surface area contributed by atoms with Crippen LogP contribution < -0.4 is 10.1 Å². The highest BCUT2D eigenvalue weighted by Crippen LogP contribution is 2.20. The molecule has 0 aliphatic rings. The molecule has 0 fully saturated rings. The quantitative estimate of drug-likeness (QED) is 0.845. The Bertz CT molecular complexity index is 527. The van der Waals surface area contributed by atoms with Crippen LogP contribution in [0, 0.1) is 5.82 Å². The van der Waals surface area contributed by atoms with E-state index >= 15 is 0 Å². The topological polar surface area (TPSA) is 75.6 Å². The molecule has 1 amide bonds. The van der Waals surface area contributed by atoms with Crippen LogP contribution in [0.4, 0.5) is 4.39 Å². The summed E-state index contributed by atoms with van der Waals surface area (Å²) in [6.45, 7) is 6.14. The SMILES string of the molecule is CCC(C)(NC(=O)C(C)(C)Oc1ccc(F)cc1)C(=O)O. The molecule has 0 aromatic heterocycles. The molecule has 1 atom stereocenters. The molecule has 1 unspecified atom stereocenters. The van der Waals surface area contributed by atoms with Gasteiger partial charge in [-0.2, -0.15) is 0 Å². The van der Waals surface area contributed by atoms with Gasteiger partial charge in [-0.05, 0) is 51.5 Å². The Morgan fingerprint density at radius 2 is 1.76 bits per heavy atom. The zero-order chi connectivity index (χ0) is 16.3. The molecule has 1 aromatic rings. The van der Waals surface area contributed by atoms with Crippen molar-refractivity contribution >= 4 is 11.9 Å². The van der Waals surface area contributed by atoms with Crippen LogP contribution in [-0.4, -0.2) is 28.1 Å². The Morgan fingerprint density at radius 1 is 1.24 bits per heavy atom. The Hall–Kier alpha value is -2.11. The van der Waals surface area contributed by atoms with Crippen molar-refractivity contribution in [2.75, 3.05) is 0 Å². The molecule has 5 nitrogen and oxygen atoms in total. The van der Waals surface area contributed by atoms with Crippen molar-refractivity contribution in [2.45, 2.75) is 45.3 Å². The number of nitrogens with one attached hydrogen (secondary N) is 1. The number of hydrogen-bond donors (Lipinski definition) is 2. The number of aliphatic carboxylic acids is 1. The minimum absolute atomic E-state index is 0.237. The van der Waals surface area contributed by atoms with E-state index in [0.29, 0.717) is 5.75 Å². The van der Waals surface area contributed by atoms with Gasteiger partial charge in [0, 0.05) is 0 Å². The minimum atomic E-state index is -1.36. The van der Waals surface area contributed by atoms with E-state index in [1.54, 1.807) is 6.92 Å². The van der Waals surface area contributed by atoms with Crippen molar-refractivity contribution in [2.24, 2.45) is 0 Å². The Kier molecular flexibility index (Phi) is 4.93. The second kappa shape index (κ2) is 6.11. The first kappa shape index (κ1) is 16.9. The van der Waals surface area contributed by atoms with Gasteiger partial charge < -0.3 is 15.2 Å². The van der Waals surface area contributed by atoms with E-state index in [2.05, 4.69) is 5.32 Å². The fourth-order valence-corrected chi connectivity index (χ4v) is 1.54. The summed E-state index contributed by atoms with van der Waals surface area (Å²) in [6, 6.07) is 5.24. The van der Waals surface area contributed by atoms with E-state index in [0.717, 1.165) is 0 Å². The predicted octanol–water partition coefficient (Wildman–Crippen LogP) is 2.35. The maximum atomic E-state index is 12.8. The van der Waals surface area contributed by atoms with E-state index in [9.17, 15) is 19.1 Å². The van der Waals surface area contributed by atoms with Gasteiger partial charge in [0.25, 0.3) is 5.91 Å². The summed E-state index contributed by atoms with van der Waals surface area (Å²) >= 11 is 0. The number of carbonyl (C=O) groups is 2. The third-order valence-electron chi connectivity index (χ3n) is 3.30. The fourth-order valence-electron chi connectivity index (χ4n) is 1.54. The second-order valence-electron chi connectivity index (χ2n) is 5.51. The molecule has 0 radical (unpaired) electrons. The monoisotopic (exact) mass is 297 g/mol. The fraction of sp³-hybridized carbons (Fsp3) is 0.467. The lowest BCUT2D eigenvalue weighted by Crippen LogP contribution is -2.58. The van der Waals surface area contributed by atoms with E-state index in [4.69, 9.17) is 4.74 Å². The summed E-state index contributed by atoms with van der Waals surface area (Å²) in [4.78, 5) is 23.5. The van der Waals surface area contributed by atoms with E-state index < -0.39 is 28.8 Å². The first-order chi connectivity index (χ1) is 9.60. The third-order valence-corrected chi connectivity index (χ3v) is 3.30. The maximum Gasteiger partial charge on any atom is 0.329 e. The largest absolute Gasteiger partial charge is 0.480 e. The lowest BCUT2D eigenvalue weighted by atomic mass is 9.97. The van der Waals surface area contributed by atoms with Gasteiger partial charge in [-0.25, -0.2) is 9.18 Å². The number of amides is 1. The van der Waals surface area contributed by atoms with Gasteiger partial charge in [-0.15, -0.1) is 0 Å². The Balaban J connectivity index is 2.84. The van der Waals surface area contributed by atoms with Crippen LogP contribution >= 0.6 is 0 Å². The number of carboxylic acids is 1. The maximum absolute atomic E-state index is 12.8. The standard InChI is InChI=1S/C15H20FNO4/c1-5-15(4,13(19)20)17-12(18)14(2,3)21-11-8-6-10(16)7-9-11/h6-9H,5H2,1-4H3,(H,17,18)(H,19,20). The minimum Gasteiger partial charge on any atom is -0.480 e. The molecule has 0 saturated heterocycles. The van der Waals surface area contributed by atoms with Crippen LogP contribution in [0.25, 0.3) is 0 Å². The lowest BCUT2D eigenvalue weighted by Gasteiger charge is -2.31. The summed E-state index contributed by atoms with van der Waals surface area (Å²) in [5, 5.41) is 11.6. The van der Waals surface area contributed by atoms with Crippen molar-refractivity contribution in [3.63, 3.8) is 0 Å².